The highest BCUT2D eigenvalue weighted by Crippen LogP contribution is 2.28. The van der Waals surface area contributed by atoms with E-state index in [1.807, 2.05) is 0 Å². The highest BCUT2D eigenvalue weighted by molar-refractivity contribution is 5.46. The summed E-state index contributed by atoms with van der Waals surface area (Å²) >= 11 is 0. The molecule has 2 fully saturated rings. The minimum absolute atomic E-state index is 0.218. The summed E-state index contributed by atoms with van der Waals surface area (Å²) in [7, 11) is 0. The molecule has 1 unspecified atom stereocenters. The number of β-amino-alcohol motifs (C(OH)–C–C–N with tert-alkyl or cyclic N) is 1. The van der Waals surface area contributed by atoms with Crippen molar-refractivity contribution < 1.29 is 5.11 Å². The molecule has 2 aromatic rings. The summed E-state index contributed by atoms with van der Waals surface area (Å²) in [4.78, 5) is 11.9. The first-order valence-corrected chi connectivity index (χ1v) is 10.1. The normalized spacial score (nSPS) is 19.1. The topological polar surface area (TPSA) is 61.3 Å². The van der Waals surface area contributed by atoms with E-state index in [2.05, 4.69) is 61.3 Å². The second-order valence-corrected chi connectivity index (χ2v) is 8.42. The van der Waals surface area contributed by atoms with Crippen LogP contribution in [0, 0.1) is 0 Å². The third kappa shape index (κ3) is 3.99. The molecule has 4 rings (SSSR count). The summed E-state index contributed by atoms with van der Waals surface area (Å²) in [6.07, 6.45) is 0.732. The van der Waals surface area contributed by atoms with Gasteiger partial charge in [-0.05, 0) is 42.2 Å². The number of pyridine rings is 2. The summed E-state index contributed by atoms with van der Waals surface area (Å²) in [5.41, 5.74) is 4.81. The summed E-state index contributed by atoms with van der Waals surface area (Å²) in [5.74, 6) is 2.30. The van der Waals surface area contributed by atoms with Crippen LogP contribution in [0.15, 0.2) is 30.3 Å². The second-order valence-electron chi connectivity index (χ2n) is 8.42. The summed E-state index contributed by atoms with van der Waals surface area (Å²) < 4.78 is 0. The minimum Gasteiger partial charge on any atom is -0.389 e. The maximum absolute atomic E-state index is 9.64. The van der Waals surface area contributed by atoms with E-state index in [4.69, 9.17) is 9.97 Å². The quantitative estimate of drug-likeness (QED) is 0.823. The van der Waals surface area contributed by atoms with Crippen molar-refractivity contribution in [2.75, 3.05) is 31.1 Å². The molecule has 27 heavy (non-hydrogen) atoms. The van der Waals surface area contributed by atoms with Crippen molar-refractivity contribution in [3.63, 3.8) is 0 Å². The Balaban J connectivity index is 1.54. The van der Waals surface area contributed by atoms with E-state index in [0.717, 1.165) is 31.0 Å². The van der Waals surface area contributed by atoms with Crippen LogP contribution >= 0.6 is 0 Å². The van der Waals surface area contributed by atoms with E-state index >= 15 is 0 Å². The zero-order valence-corrected chi connectivity index (χ0v) is 16.5. The molecule has 0 aliphatic carbocycles. The van der Waals surface area contributed by atoms with Gasteiger partial charge in [0.2, 0.25) is 0 Å². The SMILES string of the molecule is CC(C)c1cc(CC(C)c2cccc(C3CNC3)n2)cc(N2CC(O)C2)n1. The highest BCUT2D eigenvalue weighted by Gasteiger charge is 2.26. The van der Waals surface area contributed by atoms with Gasteiger partial charge in [-0.1, -0.05) is 26.8 Å². The van der Waals surface area contributed by atoms with Crippen molar-refractivity contribution in [2.45, 2.75) is 51.0 Å². The molecule has 1 atom stereocenters. The average molecular weight is 367 g/mol. The van der Waals surface area contributed by atoms with E-state index < -0.39 is 0 Å². The number of rotatable bonds is 6. The molecule has 0 spiro atoms. The van der Waals surface area contributed by atoms with Crippen molar-refractivity contribution in [2.24, 2.45) is 0 Å². The van der Waals surface area contributed by atoms with Crippen LogP contribution in [0.2, 0.25) is 0 Å². The molecule has 0 amide bonds. The largest absolute Gasteiger partial charge is 0.389 e. The molecular formula is C22H30N4O. The van der Waals surface area contributed by atoms with Gasteiger partial charge < -0.3 is 15.3 Å². The standard InChI is InChI=1S/C22H30N4O/c1-14(2)21-8-16(9-22(25-21)26-12-18(27)13-26)7-15(3)19-5-4-6-20(24-19)17-10-23-11-17/h4-6,8-9,14-15,17-18,23,27H,7,10-13H2,1-3H3. The average Bonchev–Trinajstić information content (AvgIpc) is 2.57. The zero-order chi connectivity index (χ0) is 19.0. The summed E-state index contributed by atoms with van der Waals surface area (Å²) in [6, 6.07) is 10.9. The van der Waals surface area contributed by atoms with Gasteiger partial charge in [-0.15, -0.1) is 0 Å². The van der Waals surface area contributed by atoms with Crippen LogP contribution in [0.25, 0.3) is 0 Å². The van der Waals surface area contributed by atoms with Gasteiger partial charge in [-0.25, -0.2) is 4.98 Å². The van der Waals surface area contributed by atoms with Crippen LogP contribution in [0.4, 0.5) is 5.82 Å². The van der Waals surface area contributed by atoms with Crippen molar-refractivity contribution in [3.8, 4) is 0 Å². The van der Waals surface area contributed by atoms with Crippen molar-refractivity contribution >= 4 is 5.82 Å². The van der Waals surface area contributed by atoms with Gasteiger partial charge in [0.15, 0.2) is 0 Å². The Morgan fingerprint density at radius 1 is 1.11 bits per heavy atom. The summed E-state index contributed by atoms with van der Waals surface area (Å²) in [6.45, 7) is 10.1. The van der Waals surface area contributed by atoms with Crippen molar-refractivity contribution in [1.29, 1.82) is 0 Å². The fraction of sp³-hybridized carbons (Fsp3) is 0.545. The third-order valence-electron chi connectivity index (χ3n) is 5.71. The monoisotopic (exact) mass is 366 g/mol. The minimum atomic E-state index is -0.218. The lowest BCUT2D eigenvalue weighted by atomic mass is 9.94. The highest BCUT2D eigenvalue weighted by atomic mass is 16.3. The Hall–Kier alpha value is -1.98. The van der Waals surface area contributed by atoms with Crippen LogP contribution in [0.1, 0.15) is 61.2 Å². The lowest BCUT2D eigenvalue weighted by Crippen LogP contribution is -2.51. The molecule has 144 valence electrons. The molecular weight excluding hydrogens is 336 g/mol. The third-order valence-corrected chi connectivity index (χ3v) is 5.71. The molecule has 5 heteroatoms. The lowest BCUT2D eigenvalue weighted by molar-refractivity contribution is 0.141. The molecule has 0 radical (unpaired) electrons. The molecule has 2 saturated heterocycles. The number of nitrogens with zero attached hydrogens (tertiary/aromatic N) is 3. The van der Waals surface area contributed by atoms with E-state index in [9.17, 15) is 5.11 Å². The predicted octanol–water partition coefficient (Wildman–Crippen LogP) is 2.81. The second kappa shape index (κ2) is 7.56. The Bertz CT molecular complexity index is 797. The molecule has 4 heterocycles. The van der Waals surface area contributed by atoms with Crippen LogP contribution in [0.5, 0.6) is 0 Å². The molecule has 0 saturated carbocycles. The van der Waals surface area contributed by atoms with Gasteiger partial charge in [0, 0.05) is 55.1 Å². The number of anilines is 1. The Morgan fingerprint density at radius 2 is 1.89 bits per heavy atom. The van der Waals surface area contributed by atoms with Gasteiger partial charge in [0.25, 0.3) is 0 Å². The maximum Gasteiger partial charge on any atom is 0.129 e. The Labute approximate surface area is 161 Å². The molecule has 0 aromatic carbocycles. The summed E-state index contributed by atoms with van der Waals surface area (Å²) in [5, 5.41) is 13.0. The number of aliphatic hydroxyl groups excluding tert-OH is 1. The fourth-order valence-corrected chi connectivity index (χ4v) is 3.74. The van der Waals surface area contributed by atoms with Crippen LogP contribution < -0.4 is 10.2 Å². The molecule has 2 aliphatic rings. The first kappa shape index (κ1) is 18.4. The first-order chi connectivity index (χ1) is 13.0. The van der Waals surface area contributed by atoms with Crippen LogP contribution in [-0.2, 0) is 6.42 Å². The van der Waals surface area contributed by atoms with Crippen molar-refractivity contribution in [3.05, 3.63) is 53.0 Å². The van der Waals surface area contributed by atoms with E-state index in [-0.39, 0.29) is 6.10 Å². The molecule has 5 nitrogen and oxygen atoms in total. The van der Waals surface area contributed by atoms with E-state index in [1.165, 1.54) is 17.0 Å². The van der Waals surface area contributed by atoms with Gasteiger partial charge in [0.05, 0.1) is 6.10 Å². The van der Waals surface area contributed by atoms with Crippen LogP contribution in [0.3, 0.4) is 0 Å². The maximum atomic E-state index is 9.64. The predicted molar refractivity (Wildman–Crippen MR) is 109 cm³/mol. The number of hydrogen-bond acceptors (Lipinski definition) is 5. The lowest BCUT2D eigenvalue weighted by Gasteiger charge is -2.37. The molecule has 2 N–H and O–H groups in total. The Kier molecular flexibility index (Phi) is 5.15. The molecule has 0 bridgehead atoms. The number of aliphatic hydroxyl groups is 1. The van der Waals surface area contributed by atoms with Gasteiger partial charge in [0.1, 0.15) is 5.82 Å². The van der Waals surface area contributed by atoms with Gasteiger partial charge >= 0.3 is 0 Å². The van der Waals surface area contributed by atoms with E-state index in [1.54, 1.807) is 0 Å². The number of hydrogen-bond donors (Lipinski definition) is 2. The first-order valence-electron chi connectivity index (χ1n) is 10.1. The smallest absolute Gasteiger partial charge is 0.129 e. The number of aromatic nitrogens is 2. The van der Waals surface area contributed by atoms with E-state index in [0.29, 0.717) is 30.8 Å². The zero-order valence-electron chi connectivity index (χ0n) is 16.5. The molecule has 2 aromatic heterocycles. The van der Waals surface area contributed by atoms with Gasteiger partial charge in [-0.2, -0.15) is 0 Å². The molecule has 2 aliphatic heterocycles. The van der Waals surface area contributed by atoms with Crippen LogP contribution in [-0.4, -0.2) is 47.4 Å². The Morgan fingerprint density at radius 3 is 2.52 bits per heavy atom. The van der Waals surface area contributed by atoms with Crippen molar-refractivity contribution in [1.82, 2.24) is 15.3 Å². The van der Waals surface area contributed by atoms with Gasteiger partial charge in [-0.3, -0.25) is 4.98 Å². The fourth-order valence-electron chi connectivity index (χ4n) is 3.74. The number of nitrogens with one attached hydrogen (secondary N) is 1.